The van der Waals surface area contributed by atoms with Crippen molar-refractivity contribution in [3.05, 3.63) is 157 Å². The van der Waals surface area contributed by atoms with E-state index < -0.39 is 0 Å². The molecule has 3 heterocycles. The van der Waals surface area contributed by atoms with E-state index in [0.717, 1.165) is 6.42 Å². The van der Waals surface area contributed by atoms with E-state index in [4.69, 9.17) is 0 Å². The zero-order valence-electron chi connectivity index (χ0n) is 26.3. The van der Waals surface area contributed by atoms with Crippen LogP contribution >= 0.6 is 0 Å². The van der Waals surface area contributed by atoms with Crippen LogP contribution in [0.3, 0.4) is 0 Å². The van der Waals surface area contributed by atoms with Gasteiger partial charge in [-0.1, -0.05) is 128 Å². The van der Waals surface area contributed by atoms with Crippen LogP contribution in [0.5, 0.6) is 0 Å². The summed E-state index contributed by atoms with van der Waals surface area (Å²) >= 11 is 0. The Kier molecular flexibility index (Phi) is 5.78. The van der Waals surface area contributed by atoms with Crippen LogP contribution in [0.1, 0.15) is 18.9 Å². The van der Waals surface area contributed by atoms with Gasteiger partial charge in [0.15, 0.2) is 0 Å². The zero-order chi connectivity index (χ0) is 31.1. The predicted octanol–water partition coefficient (Wildman–Crippen LogP) is 10.2. The van der Waals surface area contributed by atoms with Gasteiger partial charge in [-0.15, -0.1) is 0 Å². The highest BCUT2D eigenvalue weighted by Crippen LogP contribution is 2.46. The van der Waals surface area contributed by atoms with E-state index in [1.54, 1.807) is 0 Å². The number of para-hydroxylation sites is 3. The molecule has 4 nitrogen and oxygen atoms in total. The number of aromatic nitrogens is 2. The molecule has 1 N–H and O–H groups in total. The van der Waals surface area contributed by atoms with Gasteiger partial charge < -0.3 is 14.6 Å². The third-order valence-corrected chi connectivity index (χ3v) is 10.3. The van der Waals surface area contributed by atoms with Crippen LogP contribution in [0.2, 0.25) is 0 Å². The Balaban J connectivity index is 1.28. The summed E-state index contributed by atoms with van der Waals surface area (Å²) in [5, 5.41) is 10.2. The summed E-state index contributed by atoms with van der Waals surface area (Å²) in [6.07, 6.45) is 5.86. The molecule has 1 aliphatic heterocycles. The molecule has 2 aromatic heterocycles. The van der Waals surface area contributed by atoms with Gasteiger partial charge in [0.05, 0.1) is 40.5 Å². The number of nitrogens with zero attached hydrogens (tertiary/aromatic N) is 3. The van der Waals surface area contributed by atoms with E-state index in [0.29, 0.717) is 12.6 Å². The molecular formula is C43H34N4. The molecule has 0 saturated heterocycles. The second-order valence-electron chi connectivity index (χ2n) is 13.1. The lowest BCUT2D eigenvalue weighted by Gasteiger charge is -2.28. The minimum absolute atomic E-state index is 0.201. The van der Waals surface area contributed by atoms with Crippen LogP contribution in [0.15, 0.2) is 151 Å². The van der Waals surface area contributed by atoms with Crippen molar-refractivity contribution in [1.82, 2.24) is 19.6 Å². The van der Waals surface area contributed by atoms with Gasteiger partial charge in [-0.05, 0) is 47.7 Å². The molecule has 226 valence electrons. The number of hydrogen-bond donors (Lipinski definition) is 1. The van der Waals surface area contributed by atoms with E-state index in [1.165, 1.54) is 76.9 Å². The summed E-state index contributed by atoms with van der Waals surface area (Å²) in [6, 6.07) is 48.8. The maximum absolute atomic E-state index is 3.91. The lowest BCUT2D eigenvalue weighted by molar-refractivity contribution is 0.176. The van der Waals surface area contributed by atoms with Gasteiger partial charge in [0.25, 0.3) is 0 Å². The Morgan fingerprint density at radius 3 is 1.91 bits per heavy atom. The normalized spacial score (nSPS) is 18.2. The van der Waals surface area contributed by atoms with E-state index in [2.05, 4.69) is 172 Å². The van der Waals surface area contributed by atoms with E-state index in [9.17, 15) is 0 Å². The third-order valence-electron chi connectivity index (χ3n) is 10.3. The lowest BCUT2D eigenvalue weighted by Crippen LogP contribution is -2.40. The number of benzene rings is 6. The van der Waals surface area contributed by atoms with Crippen molar-refractivity contribution in [2.45, 2.75) is 26.1 Å². The van der Waals surface area contributed by atoms with Gasteiger partial charge in [-0.2, -0.15) is 5.01 Å². The van der Waals surface area contributed by atoms with Crippen molar-refractivity contribution in [3.8, 4) is 5.69 Å². The molecule has 2 atom stereocenters. The first-order valence-corrected chi connectivity index (χ1v) is 16.7. The SMILES string of the molecule is CC1C=CC2C(=C(c3ccccc3)NN2Cn2c3ccccc3c3c4c5ccccc5n(-c5ccccc5)c4c4ccccc4c32)C1. The van der Waals surface area contributed by atoms with Crippen LogP contribution < -0.4 is 5.43 Å². The largest absolute Gasteiger partial charge is 0.324 e. The molecule has 10 rings (SSSR count). The van der Waals surface area contributed by atoms with Gasteiger partial charge in [0, 0.05) is 38.0 Å². The van der Waals surface area contributed by atoms with E-state index in [1.807, 2.05) is 0 Å². The van der Waals surface area contributed by atoms with Crippen molar-refractivity contribution < 1.29 is 0 Å². The molecule has 8 aromatic rings. The Bertz CT molecular complexity index is 2570. The molecule has 0 saturated carbocycles. The van der Waals surface area contributed by atoms with Gasteiger partial charge in [0.2, 0.25) is 0 Å². The highest BCUT2D eigenvalue weighted by molar-refractivity contribution is 6.37. The molecule has 2 aliphatic rings. The highest BCUT2D eigenvalue weighted by Gasteiger charge is 2.35. The number of hydrogen-bond acceptors (Lipinski definition) is 2. The molecule has 0 fully saturated rings. The molecule has 4 heteroatoms. The molecule has 0 radical (unpaired) electrons. The van der Waals surface area contributed by atoms with Gasteiger partial charge in [-0.3, -0.25) is 0 Å². The minimum Gasteiger partial charge on any atom is -0.324 e. The van der Waals surface area contributed by atoms with Crippen LogP contribution in [-0.4, -0.2) is 20.2 Å². The molecule has 2 unspecified atom stereocenters. The first kappa shape index (κ1) is 26.6. The summed E-state index contributed by atoms with van der Waals surface area (Å²) < 4.78 is 5.03. The number of allylic oxidation sites excluding steroid dienone is 1. The van der Waals surface area contributed by atoms with Crippen LogP contribution in [-0.2, 0) is 6.67 Å². The van der Waals surface area contributed by atoms with Gasteiger partial charge in [0.1, 0.15) is 0 Å². The lowest BCUT2D eigenvalue weighted by atomic mass is 9.87. The fourth-order valence-electron chi connectivity index (χ4n) is 8.38. The molecule has 47 heavy (non-hydrogen) atoms. The topological polar surface area (TPSA) is 25.1 Å². The van der Waals surface area contributed by atoms with E-state index >= 15 is 0 Å². The van der Waals surface area contributed by atoms with Crippen molar-refractivity contribution in [2.24, 2.45) is 5.92 Å². The van der Waals surface area contributed by atoms with Crippen molar-refractivity contribution in [1.29, 1.82) is 0 Å². The van der Waals surface area contributed by atoms with Crippen molar-refractivity contribution >= 4 is 60.1 Å². The Morgan fingerprint density at radius 2 is 1.17 bits per heavy atom. The Morgan fingerprint density at radius 1 is 0.596 bits per heavy atom. The Labute approximate surface area is 273 Å². The molecular weight excluding hydrogens is 573 g/mol. The second-order valence-corrected chi connectivity index (χ2v) is 13.1. The van der Waals surface area contributed by atoms with Crippen molar-refractivity contribution in [3.63, 3.8) is 0 Å². The zero-order valence-corrected chi connectivity index (χ0v) is 26.3. The summed E-state index contributed by atoms with van der Waals surface area (Å²) in [6.45, 7) is 3.03. The number of nitrogens with one attached hydrogen (secondary N) is 1. The number of rotatable bonds is 4. The standard InChI is InChI=1S/C43H34N4/c1-28-24-25-37-35(26-28)41(29-14-4-2-5-15-29)44-46(37)27-45-36-22-12-10-20-33(36)39-40-34-21-11-13-23-38(34)47(30-16-6-3-7-17-30)43(40)32-19-9-8-18-31(32)42(39)45/h2-25,28,37,44H,26-27H2,1H3. The molecule has 6 aromatic carbocycles. The number of fused-ring (bicyclic) bond motifs is 11. The fourth-order valence-corrected chi connectivity index (χ4v) is 8.38. The summed E-state index contributed by atoms with van der Waals surface area (Å²) in [5.41, 5.74) is 14.1. The molecule has 0 spiro atoms. The van der Waals surface area contributed by atoms with Crippen LogP contribution in [0.4, 0.5) is 0 Å². The predicted molar refractivity (Wildman–Crippen MR) is 196 cm³/mol. The second kappa shape index (κ2) is 10.2. The van der Waals surface area contributed by atoms with Crippen molar-refractivity contribution in [2.75, 3.05) is 0 Å². The summed E-state index contributed by atoms with van der Waals surface area (Å²) in [7, 11) is 0. The molecule has 1 aliphatic carbocycles. The Hall–Kier alpha value is -5.58. The highest BCUT2D eigenvalue weighted by atomic mass is 15.6. The van der Waals surface area contributed by atoms with Gasteiger partial charge in [-0.25, -0.2) is 0 Å². The van der Waals surface area contributed by atoms with Crippen LogP contribution in [0.25, 0.3) is 65.8 Å². The first-order chi connectivity index (χ1) is 23.3. The first-order valence-electron chi connectivity index (χ1n) is 16.7. The van der Waals surface area contributed by atoms with Gasteiger partial charge >= 0.3 is 0 Å². The van der Waals surface area contributed by atoms with Crippen LogP contribution in [0, 0.1) is 5.92 Å². The monoisotopic (exact) mass is 606 g/mol. The summed E-state index contributed by atoms with van der Waals surface area (Å²) in [4.78, 5) is 0. The average molecular weight is 607 g/mol. The fraction of sp³-hybridized carbons (Fsp3) is 0.116. The third kappa shape index (κ3) is 3.85. The molecule has 0 amide bonds. The minimum atomic E-state index is 0.201. The quantitative estimate of drug-likeness (QED) is 0.202. The maximum Gasteiger partial charge on any atom is 0.0944 e. The average Bonchev–Trinajstić information content (AvgIpc) is 3.77. The van der Waals surface area contributed by atoms with E-state index in [-0.39, 0.29) is 6.04 Å². The maximum atomic E-state index is 3.91. The molecule has 0 bridgehead atoms. The smallest absolute Gasteiger partial charge is 0.0944 e. The number of hydrazine groups is 1. The summed E-state index contributed by atoms with van der Waals surface area (Å²) in [5.74, 6) is 0.522.